The molecule has 4 nitrogen and oxygen atoms in total. The monoisotopic (exact) mass is 522 g/mol. The molecule has 0 fully saturated rings. The highest BCUT2D eigenvalue weighted by Crippen LogP contribution is 2.47. The van der Waals surface area contributed by atoms with Gasteiger partial charge in [0.25, 0.3) is 0 Å². The third-order valence-electron chi connectivity index (χ3n) is 8.39. The number of aromatic nitrogens is 4. The summed E-state index contributed by atoms with van der Waals surface area (Å²) in [5.74, 6) is 0. The predicted molar refractivity (Wildman–Crippen MR) is 155 cm³/mol. The molecule has 0 atom stereocenters. The molecule has 0 spiro atoms. The molecule has 0 unspecified atom stereocenters. The van der Waals surface area contributed by atoms with Gasteiger partial charge < -0.3 is 0 Å². The Morgan fingerprint density at radius 3 is 1.18 bits per heavy atom. The average molecular weight is 523 g/mol. The molecule has 1 aliphatic rings. The highest BCUT2D eigenvalue weighted by atomic mass is 14.9. The van der Waals surface area contributed by atoms with E-state index >= 15 is 0 Å². The molecule has 4 heteroatoms. The maximum atomic E-state index is 2.42. The van der Waals surface area contributed by atoms with Gasteiger partial charge >= 0.3 is 0 Å². The molecule has 4 aromatic rings. The maximum absolute atomic E-state index is 2.42. The fourth-order valence-corrected chi connectivity index (χ4v) is 6.02. The highest BCUT2D eigenvalue weighted by molar-refractivity contribution is 5.78. The van der Waals surface area contributed by atoms with Gasteiger partial charge in [0.15, 0.2) is 49.6 Å². The first-order valence-electron chi connectivity index (χ1n) is 15.1. The maximum Gasteiger partial charge on any atom is 0.173 e. The first kappa shape index (κ1) is 27.2. The van der Waals surface area contributed by atoms with E-state index in [4.69, 9.17) is 0 Å². The van der Waals surface area contributed by atoms with E-state index in [-0.39, 0.29) is 5.41 Å². The van der Waals surface area contributed by atoms with Crippen molar-refractivity contribution in [3.63, 3.8) is 0 Å². The van der Waals surface area contributed by atoms with Gasteiger partial charge in [-0.1, -0.05) is 26.0 Å². The second-order valence-corrected chi connectivity index (χ2v) is 11.7. The van der Waals surface area contributed by atoms with Gasteiger partial charge in [-0.2, -0.15) is 0 Å². The Balaban J connectivity index is 1.09. The summed E-state index contributed by atoms with van der Waals surface area (Å²) >= 11 is 0. The Morgan fingerprint density at radius 1 is 0.436 bits per heavy atom. The molecular formula is C35H46N4+4. The smallest absolute Gasteiger partial charge is 0.173 e. The van der Waals surface area contributed by atoms with Crippen LogP contribution in [-0.4, -0.2) is 0 Å². The van der Waals surface area contributed by atoms with Gasteiger partial charge in [-0.05, 0) is 36.8 Å². The lowest BCUT2D eigenvalue weighted by Gasteiger charge is -2.18. The molecule has 1 aliphatic carbocycles. The lowest BCUT2D eigenvalue weighted by Crippen LogP contribution is -2.36. The zero-order chi connectivity index (χ0) is 26.9. The second-order valence-electron chi connectivity index (χ2n) is 11.7. The zero-order valence-electron chi connectivity index (χ0n) is 24.0. The fraction of sp³-hybridized carbons (Fsp3) is 0.429. The van der Waals surface area contributed by atoms with Crippen LogP contribution in [0.1, 0.15) is 76.3 Å². The Kier molecular flexibility index (Phi) is 9.13. The summed E-state index contributed by atoms with van der Waals surface area (Å²) in [4.78, 5) is 0. The number of hydrogen-bond donors (Lipinski definition) is 0. The number of nitrogens with zero attached hydrogens (tertiary/aromatic N) is 4. The van der Waals surface area contributed by atoms with Gasteiger partial charge in [-0.3, -0.25) is 0 Å². The number of hydrogen-bond acceptors (Lipinski definition) is 0. The van der Waals surface area contributed by atoms with Crippen molar-refractivity contribution < 1.29 is 18.3 Å². The Hall–Kier alpha value is -3.40. The van der Waals surface area contributed by atoms with Crippen LogP contribution in [0.5, 0.6) is 0 Å². The van der Waals surface area contributed by atoms with Gasteiger partial charge in [-0.15, -0.1) is 0 Å². The van der Waals surface area contributed by atoms with Crippen LogP contribution in [0.25, 0.3) is 11.1 Å². The summed E-state index contributed by atoms with van der Waals surface area (Å²) in [5, 5.41) is 0. The van der Waals surface area contributed by atoms with Crippen LogP contribution in [0.3, 0.4) is 0 Å². The first-order valence-corrected chi connectivity index (χ1v) is 15.1. The Bertz CT molecular complexity index is 1230. The van der Waals surface area contributed by atoms with Crippen LogP contribution < -0.4 is 18.3 Å². The van der Waals surface area contributed by atoms with Gasteiger partial charge in [0.1, 0.15) is 26.2 Å². The summed E-state index contributed by atoms with van der Waals surface area (Å²) in [6.07, 6.45) is 28.2. The molecule has 0 aliphatic heterocycles. The normalized spacial score (nSPS) is 13.3. The first-order chi connectivity index (χ1) is 19.1. The molecule has 0 radical (unpaired) electrons. The molecule has 202 valence electrons. The van der Waals surface area contributed by atoms with E-state index in [1.54, 1.807) is 0 Å². The van der Waals surface area contributed by atoms with Crippen LogP contribution in [-0.2, 0) is 31.6 Å². The van der Waals surface area contributed by atoms with E-state index in [0.29, 0.717) is 0 Å². The van der Waals surface area contributed by atoms with Gasteiger partial charge in [-0.25, -0.2) is 18.3 Å². The molecule has 0 saturated carbocycles. The summed E-state index contributed by atoms with van der Waals surface area (Å²) in [7, 11) is 0. The summed E-state index contributed by atoms with van der Waals surface area (Å²) in [6.45, 7) is 9.23. The summed E-state index contributed by atoms with van der Waals surface area (Å²) in [5.41, 5.74) is 5.80. The molecular weight excluding hydrogens is 476 g/mol. The topological polar surface area (TPSA) is 15.5 Å². The minimum absolute atomic E-state index is 0.0382. The highest BCUT2D eigenvalue weighted by Gasteiger charge is 2.39. The molecule has 4 aromatic heterocycles. The van der Waals surface area contributed by atoms with Crippen LogP contribution in [0.2, 0.25) is 0 Å². The quantitative estimate of drug-likeness (QED) is 0.150. The van der Waals surface area contributed by atoms with Crippen molar-refractivity contribution in [2.75, 3.05) is 0 Å². The minimum Gasteiger partial charge on any atom is -0.205 e. The van der Waals surface area contributed by atoms with Gasteiger partial charge in [0.05, 0.1) is 0 Å². The van der Waals surface area contributed by atoms with E-state index < -0.39 is 0 Å². The van der Waals surface area contributed by atoms with Crippen molar-refractivity contribution in [2.45, 2.75) is 96.8 Å². The summed E-state index contributed by atoms with van der Waals surface area (Å²) in [6, 6.07) is 17.3. The number of unbranched alkanes of at least 4 members (excludes halogenated alkanes) is 6. The number of pyridine rings is 4. The average Bonchev–Trinajstić information content (AvgIpc) is 3.19. The predicted octanol–water partition coefficient (Wildman–Crippen LogP) is 5.66. The van der Waals surface area contributed by atoms with Gasteiger partial charge in [0.2, 0.25) is 0 Å². The Morgan fingerprint density at radius 2 is 0.795 bits per heavy atom. The summed E-state index contributed by atoms with van der Waals surface area (Å²) < 4.78 is 9.40. The number of rotatable bonds is 14. The van der Waals surface area contributed by atoms with Crippen LogP contribution in [0.15, 0.2) is 98.1 Å². The number of fused-ring (bicyclic) bond motifs is 3. The molecule has 0 amide bonds. The van der Waals surface area contributed by atoms with Gasteiger partial charge in [0, 0.05) is 78.6 Å². The van der Waals surface area contributed by atoms with Crippen LogP contribution in [0, 0.1) is 0 Å². The SMILES string of the molecule is CC1(C)c2c[n+](CCCCCC[n+]3ccccc3)ccc2-c2cc[n+](CCCCCC[n+]3ccccc3)cc21. The third-order valence-corrected chi connectivity index (χ3v) is 8.39. The Labute approximate surface area is 235 Å². The van der Waals surface area contributed by atoms with E-state index in [0.717, 1.165) is 26.2 Å². The number of aryl methyl sites for hydroxylation is 4. The van der Waals surface area contributed by atoms with E-state index in [2.05, 4.69) is 130 Å². The van der Waals surface area contributed by atoms with E-state index in [9.17, 15) is 0 Å². The third kappa shape index (κ3) is 6.98. The van der Waals surface area contributed by atoms with Crippen molar-refractivity contribution >= 4 is 0 Å². The zero-order valence-corrected chi connectivity index (χ0v) is 24.0. The minimum atomic E-state index is 0.0382. The van der Waals surface area contributed by atoms with Crippen LogP contribution >= 0.6 is 0 Å². The second kappa shape index (κ2) is 13.1. The van der Waals surface area contributed by atoms with Crippen LogP contribution in [0.4, 0.5) is 0 Å². The van der Waals surface area contributed by atoms with Crippen molar-refractivity contribution in [1.82, 2.24) is 0 Å². The standard InChI is InChI=1S/C35H46N4/c1-35(2)33-29-38(25-11-5-3-9-19-36-21-13-7-14-22-36)27-17-31(33)32-18-28-39(30-34(32)35)26-12-6-4-10-20-37-23-15-8-16-24-37/h7-8,13-18,21-24,27-30H,3-6,9-12,19-20,25-26H2,1-2H3/q+4. The van der Waals surface area contributed by atoms with E-state index in [1.807, 2.05) is 0 Å². The molecule has 0 N–H and O–H groups in total. The molecule has 5 rings (SSSR count). The lowest BCUT2D eigenvalue weighted by atomic mass is 9.84. The van der Waals surface area contributed by atoms with E-state index in [1.165, 1.54) is 73.6 Å². The lowest BCUT2D eigenvalue weighted by molar-refractivity contribution is -0.699. The molecule has 0 saturated heterocycles. The van der Waals surface area contributed by atoms with Crippen molar-refractivity contribution in [2.24, 2.45) is 0 Å². The molecule has 0 aromatic carbocycles. The molecule has 4 heterocycles. The molecule has 0 bridgehead atoms. The van der Waals surface area contributed by atoms with Crippen molar-refractivity contribution in [1.29, 1.82) is 0 Å². The van der Waals surface area contributed by atoms with Crippen molar-refractivity contribution in [3.05, 3.63) is 109 Å². The van der Waals surface area contributed by atoms with Crippen molar-refractivity contribution in [3.8, 4) is 11.1 Å². The fourth-order valence-electron chi connectivity index (χ4n) is 6.02. The molecule has 39 heavy (non-hydrogen) atoms. The largest absolute Gasteiger partial charge is 0.205 e.